The highest BCUT2D eigenvalue weighted by molar-refractivity contribution is 5.97. The number of carbonyl (C=O) groups is 2. The average molecular weight is 246 g/mol. The normalized spacial score (nSPS) is 12.5. The fourth-order valence-electron chi connectivity index (χ4n) is 1.95. The maximum absolute atomic E-state index is 11.8. The van der Waals surface area contributed by atoms with Gasteiger partial charge in [-0.05, 0) is 12.0 Å². The van der Waals surface area contributed by atoms with E-state index in [-0.39, 0.29) is 23.4 Å². The summed E-state index contributed by atoms with van der Waals surface area (Å²) in [7, 11) is 0. The zero-order valence-corrected chi connectivity index (χ0v) is 11.7. The fraction of sp³-hybridized carbons (Fsp3) is 0.500. The van der Waals surface area contributed by atoms with Gasteiger partial charge in [-0.3, -0.25) is 9.59 Å². The molecule has 0 heterocycles. The summed E-state index contributed by atoms with van der Waals surface area (Å²) in [6.07, 6.45) is 1.34. The Morgan fingerprint density at radius 1 is 1.06 bits per heavy atom. The van der Waals surface area contributed by atoms with Gasteiger partial charge < -0.3 is 0 Å². The van der Waals surface area contributed by atoms with Gasteiger partial charge in [-0.1, -0.05) is 52.0 Å². The van der Waals surface area contributed by atoms with Gasteiger partial charge >= 0.3 is 0 Å². The summed E-state index contributed by atoms with van der Waals surface area (Å²) < 4.78 is 0. The fourth-order valence-corrected chi connectivity index (χ4v) is 1.95. The number of ketones is 2. The Labute approximate surface area is 109 Å². The Morgan fingerprint density at radius 2 is 1.61 bits per heavy atom. The molecule has 2 nitrogen and oxygen atoms in total. The number of carbonyl (C=O) groups excluding carboxylic acids is 2. The molecule has 1 rings (SSSR count). The van der Waals surface area contributed by atoms with Crippen molar-refractivity contribution < 1.29 is 9.59 Å². The number of hydrogen-bond acceptors (Lipinski definition) is 2. The van der Waals surface area contributed by atoms with Gasteiger partial charge in [0, 0.05) is 23.8 Å². The number of benzene rings is 1. The Morgan fingerprint density at radius 3 is 2.06 bits per heavy atom. The number of hydrogen-bond donors (Lipinski definition) is 0. The summed E-state index contributed by atoms with van der Waals surface area (Å²) in [5.74, 6) is 0.537. The van der Waals surface area contributed by atoms with Gasteiger partial charge in [0.15, 0.2) is 5.78 Å². The molecule has 0 spiro atoms. The van der Waals surface area contributed by atoms with Crippen molar-refractivity contribution in [3.63, 3.8) is 0 Å². The average Bonchev–Trinajstić information content (AvgIpc) is 2.37. The van der Waals surface area contributed by atoms with Crippen molar-refractivity contribution in [1.29, 1.82) is 0 Å². The summed E-state index contributed by atoms with van der Waals surface area (Å²) in [6, 6.07) is 7.63. The van der Waals surface area contributed by atoms with Gasteiger partial charge in [-0.25, -0.2) is 0 Å². The lowest BCUT2D eigenvalue weighted by Gasteiger charge is -2.10. The minimum Gasteiger partial charge on any atom is -0.299 e. The van der Waals surface area contributed by atoms with E-state index < -0.39 is 0 Å². The highest BCUT2D eigenvalue weighted by atomic mass is 16.1. The first-order valence-electron chi connectivity index (χ1n) is 6.61. The molecule has 0 fully saturated rings. The Hall–Kier alpha value is -1.44. The number of Topliss-reactive ketones (excluding diaryl/α,β-unsaturated/α-hetero) is 2. The SMILES string of the molecule is CCC(=O)C(C)Cc1ccc(C(=O)C(C)C)cc1. The lowest BCUT2D eigenvalue weighted by Crippen LogP contribution is -2.12. The maximum Gasteiger partial charge on any atom is 0.165 e. The maximum atomic E-state index is 11.8. The molecule has 0 saturated carbocycles. The Kier molecular flexibility index (Phi) is 5.26. The zero-order chi connectivity index (χ0) is 13.7. The molecular weight excluding hydrogens is 224 g/mol. The van der Waals surface area contributed by atoms with E-state index in [9.17, 15) is 9.59 Å². The van der Waals surface area contributed by atoms with Crippen LogP contribution in [0.1, 0.15) is 50.0 Å². The molecule has 0 saturated heterocycles. The van der Waals surface area contributed by atoms with Crippen molar-refractivity contribution in [2.45, 2.75) is 40.5 Å². The third-order valence-corrected chi connectivity index (χ3v) is 3.20. The summed E-state index contributed by atoms with van der Waals surface area (Å²) in [6.45, 7) is 7.65. The highest BCUT2D eigenvalue weighted by Crippen LogP contribution is 2.14. The van der Waals surface area contributed by atoms with Crippen LogP contribution in [0.5, 0.6) is 0 Å². The second-order valence-corrected chi connectivity index (χ2v) is 5.14. The van der Waals surface area contributed by atoms with Gasteiger partial charge in [0.1, 0.15) is 5.78 Å². The molecule has 0 aliphatic rings. The van der Waals surface area contributed by atoms with E-state index in [0.717, 1.165) is 17.5 Å². The van der Waals surface area contributed by atoms with Crippen LogP contribution >= 0.6 is 0 Å². The predicted octanol–water partition coefficient (Wildman–Crippen LogP) is 3.68. The highest BCUT2D eigenvalue weighted by Gasteiger charge is 2.13. The molecule has 1 aromatic carbocycles. The molecule has 0 amide bonds. The van der Waals surface area contributed by atoms with Crippen LogP contribution in [0.3, 0.4) is 0 Å². The molecule has 0 bridgehead atoms. The van der Waals surface area contributed by atoms with Crippen molar-refractivity contribution >= 4 is 11.6 Å². The Balaban J connectivity index is 2.72. The van der Waals surface area contributed by atoms with Crippen LogP contribution < -0.4 is 0 Å². The van der Waals surface area contributed by atoms with Crippen molar-refractivity contribution in [2.24, 2.45) is 11.8 Å². The van der Waals surface area contributed by atoms with Gasteiger partial charge in [0.2, 0.25) is 0 Å². The molecule has 1 unspecified atom stereocenters. The van der Waals surface area contributed by atoms with Crippen molar-refractivity contribution in [3.8, 4) is 0 Å². The lowest BCUT2D eigenvalue weighted by atomic mass is 9.94. The monoisotopic (exact) mass is 246 g/mol. The van der Waals surface area contributed by atoms with Gasteiger partial charge in [0.05, 0.1) is 0 Å². The summed E-state index contributed by atoms with van der Waals surface area (Å²) in [5, 5.41) is 0. The van der Waals surface area contributed by atoms with Crippen molar-refractivity contribution in [1.82, 2.24) is 0 Å². The molecule has 2 heteroatoms. The van der Waals surface area contributed by atoms with E-state index >= 15 is 0 Å². The first-order chi connectivity index (χ1) is 8.45. The summed E-state index contributed by atoms with van der Waals surface area (Å²) in [5.41, 5.74) is 1.87. The van der Waals surface area contributed by atoms with Crippen LogP contribution in [0, 0.1) is 11.8 Å². The first-order valence-corrected chi connectivity index (χ1v) is 6.61. The van der Waals surface area contributed by atoms with Gasteiger partial charge in [-0.2, -0.15) is 0 Å². The number of rotatable bonds is 6. The van der Waals surface area contributed by atoms with Crippen LogP contribution in [0.2, 0.25) is 0 Å². The Bertz CT molecular complexity index is 415. The van der Waals surface area contributed by atoms with E-state index in [0.29, 0.717) is 6.42 Å². The lowest BCUT2D eigenvalue weighted by molar-refractivity contribution is -0.122. The topological polar surface area (TPSA) is 34.1 Å². The first kappa shape index (κ1) is 14.6. The van der Waals surface area contributed by atoms with Crippen molar-refractivity contribution in [2.75, 3.05) is 0 Å². The van der Waals surface area contributed by atoms with E-state index in [1.54, 1.807) is 0 Å². The van der Waals surface area contributed by atoms with Crippen molar-refractivity contribution in [3.05, 3.63) is 35.4 Å². The van der Waals surface area contributed by atoms with E-state index in [2.05, 4.69) is 0 Å². The minimum atomic E-state index is 0.0245. The van der Waals surface area contributed by atoms with E-state index in [1.165, 1.54) is 0 Å². The zero-order valence-electron chi connectivity index (χ0n) is 11.7. The molecule has 98 valence electrons. The molecule has 1 atom stereocenters. The summed E-state index contributed by atoms with van der Waals surface area (Å²) in [4.78, 5) is 23.3. The molecule has 0 aliphatic carbocycles. The van der Waals surface area contributed by atoms with Gasteiger partial charge in [-0.15, -0.1) is 0 Å². The molecule has 1 aromatic rings. The van der Waals surface area contributed by atoms with E-state index in [4.69, 9.17) is 0 Å². The molecule has 0 aromatic heterocycles. The van der Waals surface area contributed by atoms with Crippen LogP contribution in [-0.2, 0) is 11.2 Å². The molecule has 18 heavy (non-hydrogen) atoms. The largest absolute Gasteiger partial charge is 0.299 e. The third kappa shape index (κ3) is 3.80. The standard InChI is InChI=1S/C16H22O2/c1-5-15(17)12(4)10-13-6-8-14(9-7-13)16(18)11(2)3/h6-9,11-12H,5,10H2,1-4H3. The minimum absolute atomic E-state index is 0.0245. The molecule has 0 N–H and O–H groups in total. The van der Waals surface area contributed by atoms with Crippen LogP contribution in [0.4, 0.5) is 0 Å². The summed E-state index contributed by atoms with van der Waals surface area (Å²) >= 11 is 0. The van der Waals surface area contributed by atoms with Crippen LogP contribution in [0.15, 0.2) is 24.3 Å². The van der Waals surface area contributed by atoms with Crippen LogP contribution in [-0.4, -0.2) is 11.6 Å². The van der Waals surface area contributed by atoms with Gasteiger partial charge in [0.25, 0.3) is 0 Å². The second-order valence-electron chi connectivity index (χ2n) is 5.14. The smallest absolute Gasteiger partial charge is 0.165 e. The van der Waals surface area contributed by atoms with Crippen LogP contribution in [0.25, 0.3) is 0 Å². The molecule has 0 radical (unpaired) electrons. The van der Waals surface area contributed by atoms with E-state index in [1.807, 2.05) is 52.0 Å². The quantitative estimate of drug-likeness (QED) is 0.717. The second kappa shape index (κ2) is 6.48. The third-order valence-electron chi connectivity index (χ3n) is 3.20. The molecular formula is C16H22O2. The molecule has 0 aliphatic heterocycles. The predicted molar refractivity (Wildman–Crippen MR) is 73.8 cm³/mol.